The third kappa shape index (κ3) is 4.80. The Balaban J connectivity index is 1.71. The summed E-state index contributed by atoms with van der Waals surface area (Å²) in [4.78, 5) is 38.2. The second-order valence-corrected chi connectivity index (χ2v) is 8.17. The monoisotopic (exact) mass is 464 g/mol. The first-order chi connectivity index (χ1) is 12.8. The Hall–Kier alpha value is -2.09. The minimum absolute atomic E-state index is 0.286. The molecular formula is C19H14BrClN2O3S. The lowest BCUT2D eigenvalue weighted by Crippen LogP contribution is -2.36. The van der Waals surface area contributed by atoms with Gasteiger partial charge in [-0.1, -0.05) is 45.7 Å². The predicted octanol–water partition coefficient (Wildman–Crippen LogP) is 5.09. The average molecular weight is 466 g/mol. The molecule has 0 spiro atoms. The molecular weight excluding hydrogens is 452 g/mol. The molecule has 1 N–H and O–H groups in total. The van der Waals surface area contributed by atoms with Crippen molar-refractivity contribution in [1.82, 2.24) is 4.90 Å². The molecule has 1 saturated heterocycles. The summed E-state index contributed by atoms with van der Waals surface area (Å²) < 4.78 is 0.917. The zero-order valence-electron chi connectivity index (χ0n) is 14.2. The highest BCUT2D eigenvalue weighted by atomic mass is 79.9. The summed E-state index contributed by atoms with van der Waals surface area (Å²) in [5.74, 6) is -0.946. The van der Waals surface area contributed by atoms with Crippen molar-refractivity contribution in [2.24, 2.45) is 0 Å². The van der Waals surface area contributed by atoms with E-state index in [9.17, 15) is 14.4 Å². The third-order valence-electron chi connectivity index (χ3n) is 3.82. The van der Waals surface area contributed by atoms with E-state index in [0.717, 1.165) is 32.3 Å². The standard InChI is InChI=1S/C19H14BrClN2O3S/c1-11-2-7-14(21)9-15(11)22-17(24)10-23-18(25)16(27-19(23)26)8-12-3-5-13(20)6-4-12/h2-9H,10H2,1H3,(H,22,24)/b16-8+. The maximum Gasteiger partial charge on any atom is 0.294 e. The Labute approximate surface area is 173 Å². The molecule has 1 aliphatic rings. The number of aryl methyl sites for hydroxylation is 1. The Kier molecular flexibility index (Phi) is 6.04. The minimum Gasteiger partial charge on any atom is -0.324 e. The number of nitrogens with one attached hydrogen (secondary N) is 1. The summed E-state index contributed by atoms with van der Waals surface area (Å²) in [6.07, 6.45) is 1.64. The number of carbonyl (C=O) groups is 3. The van der Waals surface area contributed by atoms with Crippen molar-refractivity contribution in [2.45, 2.75) is 6.92 Å². The van der Waals surface area contributed by atoms with Crippen molar-refractivity contribution in [3.63, 3.8) is 0 Å². The molecule has 3 rings (SSSR count). The van der Waals surface area contributed by atoms with Crippen LogP contribution in [0.2, 0.25) is 5.02 Å². The van der Waals surface area contributed by atoms with Crippen LogP contribution in [0.1, 0.15) is 11.1 Å². The van der Waals surface area contributed by atoms with Gasteiger partial charge in [-0.05, 0) is 60.2 Å². The van der Waals surface area contributed by atoms with Crippen LogP contribution >= 0.6 is 39.3 Å². The van der Waals surface area contributed by atoms with Crippen LogP contribution in [0.3, 0.4) is 0 Å². The number of carbonyl (C=O) groups excluding carboxylic acids is 3. The Bertz CT molecular complexity index is 960. The molecule has 0 atom stereocenters. The number of hydrogen-bond acceptors (Lipinski definition) is 4. The SMILES string of the molecule is Cc1ccc(Cl)cc1NC(=O)CN1C(=O)S/C(=C/c2ccc(Br)cc2)C1=O. The number of hydrogen-bond donors (Lipinski definition) is 1. The Morgan fingerprint density at radius 2 is 1.93 bits per heavy atom. The summed E-state index contributed by atoms with van der Waals surface area (Å²) in [5.41, 5.74) is 2.17. The van der Waals surface area contributed by atoms with Crippen molar-refractivity contribution in [2.75, 3.05) is 11.9 Å². The highest BCUT2D eigenvalue weighted by molar-refractivity contribution is 9.10. The Morgan fingerprint density at radius 3 is 2.63 bits per heavy atom. The van der Waals surface area contributed by atoms with E-state index in [0.29, 0.717) is 10.7 Å². The lowest BCUT2D eigenvalue weighted by Gasteiger charge is -2.13. The maximum absolute atomic E-state index is 12.5. The van der Waals surface area contributed by atoms with Gasteiger partial charge < -0.3 is 5.32 Å². The van der Waals surface area contributed by atoms with Crippen LogP contribution in [0, 0.1) is 6.92 Å². The van der Waals surface area contributed by atoms with Gasteiger partial charge in [-0.15, -0.1) is 0 Å². The third-order valence-corrected chi connectivity index (χ3v) is 5.49. The number of amides is 3. The van der Waals surface area contributed by atoms with Crippen molar-refractivity contribution in [3.05, 3.63) is 68.0 Å². The molecule has 1 aliphatic heterocycles. The molecule has 1 heterocycles. The van der Waals surface area contributed by atoms with Crippen molar-refractivity contribution >= 4 is 68.1 Å². The number of halogens is 2. The fraction of sp³-hybridized carbons (Fsp3) is 0.105. The van der Waals surface area contributed by atoms with Crippen LogP contribution in [0.15, 0.2) is 51.8 Å². The average Bonchev–Trinajstić information content (AvgIpc) is 2.87. The number of thioether (sulfide) groups is 1. The molecule has 0 aromatic heterocycles. The van der Waals surface area contributed by atoms with Gasteiger partial charge in [-0.25, -0.2) is 0 Å². The van der Waals surface area contributed by atoms with Crippen molar-refractivity contribution in [1.29, 1.82) is 0 Å². The molecule has 0 unspecified atom stereocenters. The van der Waals surface area contributed by atoms with Gasteiger partial charge in [0.15, 0.2) is 0 Å². The molecule has 8 heteroatoms. The van der Waals surface area contributed by atoms with Gasteiger partial charge in [0.05, 0.1) is 4.91 Å². The summed E-state index contributed by atoms with van der Waals surface area (Å²) in [7, 11) is 0. The molecule has 138 valence electrons. The molecule has 0 bridgehead atoms. The molecule has 0 saturated carbocycles. The molecule has 2 aromatic rings. The summed E-state index contributed by atoms with van der Waals surface area (Å²) in [6, 6.07) is 12.5. The number of nitrogens with zero attached hydrogens (tertiary/aromatic N) is 1. The highest BCUT2D eigenvalue weighted by Crippen LogP contribution is 2.32. The molecule has 27 heavy (non-hydrogen) atoms. The fourth-order valence-corrected chi connectivity index (χ4v) is 3.68. The van der Waals surface area contributed by atoms with E-state index in [4.69, 9.17) is 11.6 Å². The van der Waals surface area contributed by atoms with E-state index < -0.39 is 17.1 Å². The lowest BCUT2D eigenvalue weighted by atomic mass is 10.2. The predicted molar refractivity (Wildman–Crippen MR) is 112 cm³/mol. The number of imide groups is 1. The van der Waals surface area contributed by atoms with Crippen LogP contribution in [0.5, 0.6) is 0 Å². The molecule has 3 amide bonds. The highest BCUT2D eigenvalue weighted by Gasteiger charge is 2.36. The van der Waals surface area contributed by atoms with E-state index in [2.05, 4.69) is 21.2 Å². The van der Waals surface area contributed by atoms with Gasteiger partial charge >= 0.3 is 0 Å². The zero-order valence-corrected chi connectivity index (χ0v) is 17.3. The molecule has 2 aromatic carbocycles. The number of anilines is 1. The largest absolute Gasteiger partial charge is 0.324 e. The van der Waals surface area contributed by atoms with E-state index in [1.54, 1.807) is 24.3 Å². The Morgan fingerprint density at radius 1 is 1.22 bits per heavy atom. The number of benzene rings is 2. The summed E-state index contributed by atoms with van der Waals surface area (Å²) >= 11 is 10.1. The minimum atomic E-state index is -0.481. The smallest absolute Gasteiger partial charge is 0.294 e. The first-order valence-corrected chi connectivity index (χ1v) is 9.89. The van der Waals surface area contributed by atoms with E-state index >= 15 is 0 Å². The van der Waals surface area contributed by atoms with Crippen LogP contribution in [0.4, 0.5) is 10.5 Å². The lowest BCUT2D eigenvalue weighted by molar-refractivity contribution is -0.127. The van der Waals surface area contributed by atoms with Gasteiger partial charge in [0.25, 0.3) is 11.1 Å². The van der Waals surface area contributed by atoms with Gasteiger partial charge in [-0.2, -0.15) is 0 Å². The first-order valence-electron chi connectivity index (χ1n) is 7.90. The van der Waals surface area contributed by atoms with E-state index in [1.807, 2.05) is 31.2 Å². The van der Waals surface area contributed by atoms with E-state index in [-0.39, 0.29) is 11.4 Å². The van der Waals surface area contributed by atoms with Crippen LogP contribution < -0.4 is 5.32 Å². The second-order valence-electron chi connectivity index (χ2n) is 5.83. The van der Waals surface area contributed by atoms with Crippen molar-refractivity contribution < 1.29 is 14.4 Å². The fourth-order valence-electron chi connectivity index (χ4n) is 2.41. The van der Waals surface area contributed by atoms with Gasteiger partial charge in [0.2, 0.25) is 5.91 Å². The summed E-state index contributed by atoms with van der Waals surface area (Å²) in [5, 5.41) is 2.70. The topological polar surface area (TPSA) is 66.5 Å². The first kappa shape index (κ1) is 19.7. The maximum atomic E-state index is 12.5. The summed E-state index contributed by atoms with van der Waals surface area (Å²) in [6.45, 7) is 1.47. The van der Waals surface area contributed by atoms with E-state index in [1.165, 1.54) is 0 Å². The van der Waals surface area contributed by atoms with Gasteiger partial charge in [0.1, 0.15) is 6.54 Å². The number of rotatable bonds is 4. The van der Waals surface area contributed by atoms with Crippen LogP contribution in [0.25, 0.3) is 6.08 Å². The van der Waals surface area contributed by atoms with Crippen molar-refractivity contribution in [3.8, 4) is 0 Å². The molecule has 0 radical (unpaired) electrons. The van der Waals surface area contributed by atoms with Crippen LogP contribution in [-0.4, -0.2) is 28.5 Å². The second kappa shape index (κ2) is 8.29. The molecule has 0 aliphatic carbocycles. The van der Waals surface area contributed by atoms with Gasteiger partial charge in [0, 0.05) is 15.2 Å². The normalized spacial score (nSPS) is 15.5. The zero-order chi connectivity index (χ0) is 19.6. The molecule has 1 fully saturated rings. The van der Waals surface area contributed by atoms with Crippen LogP contribution in [-0.2, 0) is 9.59 Å². The van der Waals surface area contributed by atoms with Gasteiger partial charge in [-0.3, -0.25) is 19.3 Å². The quantitative estimate of drug-likeness (QED) is 0.639. The molecule has 5 nitrogen and oxygen atoms in total.